The fourth-order valence-corrected chi connectivity index (χ4v) is 6.87. The lowest BCUT2D eigenvalue weighted by molar-refractivity contribution is 0.389. The van der Waals surface area contributed by atoms with Gasteiger partial charge in [0, 0.05) is 25.2 Å². The van der Waals surface area contributed by atoms with Crippen LogP contribution in [0.3, 0.4) is 0 Å². The van der Waals surface area contributed by atoms with Crippen molar-refractivity contribution in [3.05, 3.63) is 35.4 Å². The molecule has 30 heavy (non-hydrogen) atoms. The maximum Gasteiger partial charge on any atom is 0.166 e. The second-order valence-corrected chi connectivity index (χ2v) is 10.8. The summed E-state index contributed by atoms with van der Waals surface area (Å²) >= 11 is 11.1. The predicted octanol–water partition coefficient (Wildman–Crippen LogP) is 3.99. The van der Waals surface area contributed by atoms with E-state index in [2.05, 4.69) is 45.5 Å². The van der Waals surface area contributed by atoms with Crippen molar-refractivity contribution in [3.8, 4) is 0 Å². The molecule has 1 aromatic rings. The Labute approximate surface area is 191 Å². The molecule has 4 N–H and O–H groups in total. The molecular formula is C24H34N4S2. The fraction of sp³-hybridized carbons (Fsp3) is 0.667. The summed E-state index contributed by atoms with van der Waals surface area (Å²) in [5.74, 6) is 3.55. The Balaban J connectivity index is 1.01. The first-order valence-corrected chi connectivity index (χ1v) is 12.6. The van der Waals surface area contributed by atoms with Gasteiger partial charge in [-0.3, -0.25) is 0 Å². The molecule has 4 aliphatic rings. The molecule has 0 saturated heterocycles. The molecule has 4 nitrogen and oxygen atoms in total. The van der Waals surface area contributed by atoms with Gasteiger partial charge >= 0.3 is 0 Å². The Hall–Kier alpha value is -1.40. The van der Waals surface area contributed by atoms with Crippen LogP contribution in [0.1, 0.15) is 62.5 Å². The standard InChI is InChI=1S/C24H34N4S2/c29-23(27-21-11-17-5-7-19(21)9-17)25-13-15-1-2-16(4-3-15)14-26-24(30)28-22-12-18-6-8-20(22)10-18/h1-4,17-22H,5-14H2,(H2,25,27,29)(H2,26,28,30). The summed E-state index contributed by atoms with van der Waals surface area (Å²) in [5.41, 5.74) is 2.50. The van der Waals surface area contributed by atoms with Gasteiger partial charge in [-0.1, -0.05) is 37.1 Å². The molecule has 6 atom stereocenters. The third kappa shape index (κ3) is 4.75. The zero-order valence-corrected chi connectivity index (χ0v) is 19.3. The summed E-state index contributed by atoms with van der Waals surface area (Å²) in [6.45, 7) is 1.54. The summed E-state index contributed by atoms with van der Waals surface area (Å²) in [6.07, 6.45) is 11.0. The van der Waals surface area contributed by atoms with Gasteiger partial charge in [-0.05, 0) is 97.8 Å². The first-order valence-electron chi connectivity index (χ1n) is 11.8. The topological polar surface area (TPSA) is 48.1 Å². The Bertz CT molecular complexity index is 715. The number of hydrogen-bond donors (Lipinski definition) is 4. The number of nitrogens with one attached hydrogen (secondary N) is 4. The molecule has 1 aromatic carbocycles. The molecule has 0 spiro atoms. The molecule has 0 heterocycles. The SMILES string of the molecule is S=C(NCc1ccc(CNC(=S)NC2CC3CCC2C3)cc1)NC1CC2CCC1C2. The lowest BCUT2D eigenvalue weighted by Crippen LogP contribution is -2.44. The van der Waals surface area contributed by atoms with Crippen molar-refractivity contribution in [1.82, 2.24) is 21.3 Å². The number of benzene rings is 1. The molecule has 0 radical (unpaired) electrons. The largest absolute Gasteiger partial charge is 0.360 e. The molecule has 162 valence electrons. The summed E-state index contributed by atoms with van der Waals surface area (Å²) in [6, 6.07) is 9.89. The Morgan fingerprint density at radius 3 is 1.43 bits per heavy atom. The number of rotatable bonds is 6. The van der Waals surface area contributed by atoms with Crippen molar-refractivity contribution in [2.24, 2.45) is 23.7 Å². The second kappa shape index (κ2) is 8.99. The zero-order valence-electron chi connectivity index (χ0n) is 17.7. The third-order valence-corrected chi connectivity index (χ3v) is 8.56. The second-order valence-electron chi connectivity index (χ2n) is 10.0. The van der Waals surface area contributed by atoms with E-state index in [1.165, 1.54) is 62.5 Å². The minimum atomic E-state index is 0.592. The highest BCUT2D eigenvalue weighted by molar-refractivity contribution is 7.80. The number of fused-ring (bicyclic) bond motifs is 4. The minimum absolute atomic E-state index is 0.592. The molecule has 4 saturated carbocycles. The maximum atomic E-state index is 5.53. The van der Waals surface area contributed by atoms with Crippen LogP contribution in [0.4, 0.5) is 0 Å². The molecular weight excluding hydrogens is 408 g/mol. The molecule has 0 amide bonds. The normalized spacial score (nSPS) is 33.5. The van der Waals surface area contributed by atoms with E-state index in [1.54, 1.807) is 0 Å². The van der Waals surface area contributed by atoms with Crippen molar-refractivity contribution in [2.45, 2.75) is 76.5 Å². The van der Waals surface area contributed by atoms with Gasteiger partial charge in [0.25, 0.3) is 0 Å². The Morgan fingerprint density at radius 1 is 0.667 bits per heavy atom. The van der Waals surface area contributed by atoms with E-state index in [-0.39, 0.29) is 0 Å². The van der Waals surface area contributed by atoms with Crippen molar-refractivity contribution < 1.29 is 0 Å². The van der Waals surface area contributed by atoms with Crippen LogP contribution in [0.5, 0.6) is 0 Å². The summed E-state index contributed by atoms with van der Waals surface area (Å²) < 4.78 is 0. The molecule has 4 aliphatic carbocycles. The highest BCUT2D eigenvalue weighted by atomic mass is 32.1. The Kier molecular flexibility index (Phi) is 6.15. The van der Waals surface area contributed by atoms with Gasteiger partial charge in [-0.25, -0.2) is 0 Å². The zero-order chi connectivity index (χ0) is 20.5. The molecule has 6 heteroatoms. The van der Waals surface area contributed by atoms with E-state index in [9.17, 15) is 0 Å². The molecule has 5 rings (SSSR count). The van der Waals surface area contributed by atoms with Crippen LogP contribution in [0.25, 0.3) is 0 Å². The monoisotopic (exact) mass is 442 g/mol. The molecule has 4 bridgehead atoms. The van der Waals surface area contributed by atoms with E-state index in [1.807, 2.05) is 0 Å². The minimum Gasteiger partial charge on any atom is -0.360 e. The van der Waals surface area contributed by atoms with Crippen LogP contribution in [0.2, 0.25) is 0 Å². The predicted molar refractivity (Wildman–Crippen MR) is 130 cm³/mol. The number of thiocarbonyl (C=S) groups is 2. The average molecular weight is 443 g/mol. The quantitative estimate of drug-likeness (QED) is 0.500. The van der Waals surface area contributed by atoms with Crippen molar-refractivity contribution in [2.75, 3.05) is 0 Å². The smallest absolute Gasteiger partial charge is 0.166 e. The van der Waals surface area contributed by atoms with Gasteiger partial charge in [0.2, 0.25) is 0 Å². The molecule has 0 aliphatic heterocycles. The van der Waals surface area contributed by atoms with Crippen LogP contribution in [0, 0.1) is 23.7 Å². The fourth-order valence-electron chi connectivity index (χ4n) is 6.42. The van der Waals surface area contributed by atoms with E-state index >= 15 is 0 Å². The van der Waals surface area contributed by atoms with Gasteiger partial charge in [0.05, 0.1) is 0 Å². The van der Waals surface area contributed by atoms with Crippen LogP contribution in [-0.2, 0) is 13.1 Å². The third-order valence-electron chi connectivity index (χ3n) is 8.04. The van der Waals surface area contributed by atoms with Crippen LogP contribution >= 0.6 is 24.4 Å². The highest BCUT2D eigenvalue weighted by Crippen LogP contribution is 2.45. The van der Waals surface area contributed by atoms with E-state index in [4.69, 9.17) is 24.4 Å². The van der Waals surface area contributed by atoms with E-state index in [0.29, 0.717) is 12.1 Å². The van der Waals surface area contributed by atoms with E-state index in [0.717, 1.165) is 47.0 Å². The lowest BCUT2D eigenvalue weighted by atomic mass is 9.95. The highest BCUT2D eigenvalue weighted by Gasteiger charge is 2.40. The van der Waals surface area contributed by atoms with Crippen LogP contribution in [0.15, 0.2) is 24.3 Å². The summed E-state index contributed by atoms with van der Waals surface area (Å²) in [5, 5.41) is 15.5. The maximum absolute atomic E-state index is 5.53. The first-order chi connectivity index (χ1) is 14.6. The van der Waals surface area contributed by atoms with Crippen LogP contribution < -0.4 is 21.3 Å². The molecule has 6 unspecified atom stereocenters. The van der Waals surface area contributed by atoms with Crippen LogP contribution in [-0.4, -0.2) is 22.3 Å². The lowest BCUT2D eigenvalue weighted by Gasteiger charge is -2.24. The van der Waals surface area contributed by atoms with Gasteiger partial charge in [0.1, 0.15) is 0 Å². The average Bonchev–Trinajstić information content (AvgIpc) is 3.53. The van der Waals surface area contributed by atoms with Gasteiger partial charge in [0.15, 0.2) is 10.2 Å². The van der Waals surface area contributed by atoms with Crippen molar-refractivity contribution in [3.63, 3.8) is 0 Å². The van der Waals surface area contributed by atoms with E-state index < -0.39 is 0 Å². The number of hydrogen-bond acceptors (Lipinski definition) is 2. The first kappa shape index (κ1) is 20.5. The van der Waals surface area contributed by atoms with Gasteiger partial charge < -0.3 is 21.3 Å². The Morgan fingerprint density at radius 2 is 1.10 bits per heavy atom. The summed E-state index contributed by atoms with van der Waals surface area (Å²) in [4.78, 5) is 0. The molecule has 0 aromatic heterocycles. The van der Waals surface area contributed by atoms with Gasteiger partial charge in [-0.15, -0.1) is 0 Å². The van der Waals surface area contributed by atoms with Crippen molar-refractivity contribution in [1.29, 1.82) is 0 Å². The molecule has 4 fully saturated rings. The van der Waals surface area contributed by atoms with Crippen molar-refractivity contribution >= 4 is 34.7 Å². The van der Waals surface area contributed by atoms with Gasteiger partial charge in [-0.2, -0.15) is 0 Å². The summed E-state index contributed by atoms with van der Waals surface area (Å²) in [7, 11) is 0.